The van der Waals surface area contributed by atoms with E-state index in [2.05, 4.69) is 24.1 Å². The first-order valence-corrected chi connectivity index (χ1v) is 8.66. The molecule has 0 aromatic heterocycles. The summed E-state index contributed by atoms with van der Waals surface area (Å²) in [6.07, 6.45) is 4.99. The molecule has 22 heavy (non-hydrogen) atoms. The van der Waals surface area contributed by atoms with Crippen LogP contribution in [0.1, 0.15) is 58.1 Å². The minimum atomic E-state index is -0.0706. The van der Waals surface area contributed by atoms with Crippen LogP contribution < -0.4 is 5.32 Å². The minimum Gasteiger partial charge on any atom is -0.348 e. The normalized spacial score (nSPS) is 17.2. The molecule has 1 saturated carbocycles. The van der Waals surface area contributed by atoms with Gasteiger partial charge >= 0.3 is 0 Å². The Morgan fingerprint density at radius 3 is 2.50 bits per heavy atom. The predicted molar refractivity (Wildman–Crippen MR) is 92.1 cm³/mol. The van der Waals surface area contributed by atoms with Crippen molar-refractivity contribution in [2.75, 3.05) is 6.54 Å². The van der Waals surface area contributed by atoms with Gasteiger partial charge in [0.15, 0.2) is 0 Å². The number of carbonyl (C=O) groups excluding carboxylic acids is 1. The highest BCUT2D eigenvalue weighted by atomic mass is 35.5. The molecule has 0 unspecified atom stereocenters. The van der Waals surface area contributed by atoms with Gasteiger partial charge in [-0.2, -0.15) is 0 Å². The van der Waals surface area contributed by atoms with Gasteiger partial charge in [0.2, 0.25) is 5.91 Å². The maximum atomic E-state index is 12.4. The number of halogens is 1. The Morgan fingerprint density at radius 2 is 1.91 bits per heavy atom. The largest absolute Gasteiger partial charge is 0.348 e. The number of hydrogen-bond acceptors (Lipinski definition) is 2. The molecule has 2 rings (SSSR count). The van der Waals surface area contributed by atoms with Crippen molar-refractivity contribution in [2.45, 2.75) is 64.6 Å². The highest BCUT2D eigenvalue weighted by Crippen LogP contribution is 2.25. The lowest BCUT2D eigenvalue weighted by Crippen LogP contribution is -2.46. The Hall–Kier alpha value is -1.06. The summed E-state index contributed by atoms with van der Waals surface area (Å²) in [6, 6.07) is 8.55. The van der Waals surface area contributed by atoms with Gasteiger partial charge in [-0.25, -0.2) is 0 Å². The fourth-order valence-corrected chi connectivity index (χ4v) is 3.63. The standard InChI is InChI=1S/C18H27ClN2O/c1-13(2)21(15-8-4-5-9-15)12-18(22)20-14(3)16-10-6-7-11-17(16)19/h6-7,10-11,13-15H,4-5,8-9,12H2,1-3H3,(H,20,22)/t14-/m0/s1. The van der Waals surface area contributed by atoms with Crippen LogP contribution in [0.25, 0.3) is 0 Å². The van der Waals surface area contributed by atoms with E-state index >= 15 is 0 Å². The predicted octanol–water partition coefficient (Wildman–Crippen LogP) is 4.17. The van der Waals surface area contributed by atoms with Crippen LogP contribution in [0.3, 0.4) is 0 Å². The summed E-state index contributed by atoms with van der Waals surface area (Å²) in [7, 11) is 0. The van der Waals surface area contributed by atoms with Crippen LogP contribution in [-0.4, -0.2) is 29.4 Å². The van der Waals surface area contributed by atoms with Gasteiger partial charge in [-0.3, -0.25) is 9.69 Å². The summed E-state index contributed by atoms with van der Waals surface area (Å²) >= 11 is 6.20. The molecule has 0 aliphatic heterocycles. The summed E-state index contributed by atoms with van der Waals surface area (Å²) in [5, 5.41) is 3.78. The molecule has 122 valence electrons. The molecule has 3 nitrogen and oxygen atoms in total. The van der Waals surface area contributed by atoms with Gasteiger partial charge in [0.1, 0.15) is 0 Å². The van der Waals surface area contributed by atoms with Crippen molar-refractivity contribution in [1.29, 1.82) is 0 Å². The van der Waals surface area contributed by atoms with E-state index in [1.807, 2.05) is 31.2 Å². The Kier molecular flexibility index (Phi) is 6.27. The van der Waals surface area contributed by atoms with Crippen molar-refractivity contribution < 1.29 is 4.79 Å². The van der Waals surface area contributed by atoms with Gasteiger partial charge < -0.3 is 5.32 Å². The van der Waals surface area contributed by atoms with Crippen LogP contribution in [0.5, 0.6) is 0 Å². The lowest BCUT2D eigenvalue weighted by molar-refractivity contribution is -0.124. The molecule has 1 N–H and O–H groups in total. The van der Waals surface area contributed by atoms with Crippen molar-refractivity contribution in [3.63, 3.8) is 0 Å². The van der Waals surface area contributed by atoms with Crippen LogP contribution >= 0.6 is 11.6 Å². The molecule has 1 atom stereocenters. The number of nitrogens with zero attached hydrogens (tertiary/aromatic N) is 1. The molecule has 1 aliphatic rings. The lowest BCUT2D eigenvalue weighted by Gasteiger charge is -2.32. The average molecular weight is 323 g/mol. The zero-order valence-corrected chi connectivity index (χ0v) is 14.6. The van der Waals surface area contributed by atoms with E-state index in [0.29, 0.717) is 23.7 Å². The third-order valence-corrected chi connectivity index (χ3v) is 4.88. The summed E-state index contributed by atoms with van der Waals surface area (Å²) in [5.74, 6) is 0.0769. The van der Waals surface area contributed by atoms with E-state index in [0.717, 1.165) is 5.56 Å². The SMILES string of the molecule is CC(C)N(CC(=O)N[C@@H](C)c1ccccc1Cl)C1CCCC1. The van der Waals surface area contributed by atoms with E-state index in [4.69, 9.17) is 11.6 Å². The van der Waals surface area contributed by atoms with Gasteiger partial charge in [-0.1, -0.05) is 42.6 Å². The van der Waals surface area contributed by atoms with Gasteiger partial charge in [0.05, 0.1) is 12.6 Å². The summed E-state index contributed by atoms with van der Waals surface area (Å²) < 4.78 is 0. The van der Waals surface area contributed by atoms with Crippen molar-refractivity contribution in [3.8, 4) is 0 Å². The molecule has 1 aromatic carbocycles. The highest BCUT2D eigenvalue weighted by molar-refractivity contribution is 6.31. The minimum absolute atomic E-state index is 0.0706. The molecule has 1 aromatic rings. The van der Waals surface area contributed by atoms with Crippen molar-refractivity contribution >= 4 is 17.5 Å². The maximum Gasteiger partial charge on any atom is 0.234 e. The summed E-state index contributed by atoms with van der Waals surface area (Å²) in [5.41, 5.74) is 0.967. The number of rotatable bonds is 6. The van der Waals surface area contributed by atoms with Crippen molar-refractivity contribution in [1.82, 2.24) is 10.2 Å². The van der Waals surface area contributed by atoms with E-state index in [1.165, 1.54) is 25.7 Å². The van der Waals surface area contributed by atoms with E-state index in [1.54, 1.807) is 0 Å². The van der Waals surface area contributed by atoms with Gasteiger partial charge in [0, 0.05) is 17.1 Å². The monoisotopic (exact) mass is 322 g/mol. The molecule has 0 bridgehead atoms. The fraction of sp³-hybridized carbons (Fsp3) is 0.611. The second-order valence-electron chi connectivity index (χ2n) is 6.52. The maximum absolute atomic E-state index is 12.4. The Labute approximate surface area is 139 Å². The van der Waals surface area contributed by atoms with Gasteiger partial charge in [-0.05, 0) is 45.2 Å². The van der Waals surface area contributed by atoms with E-state index < -0.39 is 0 Å². The first-order valence-electron chi connectivity index (χ1n) is 8.28. The van der Waals surface area contributed by atoms with Gasteiger partial charge in [0.25, 0.3) is 0 Å². The summed E-state index contributed by atoms with van der Waals surface area (Å²) in [4.78, 5) is 14.7. The van der Waals surface area contributed by atoms with Gasteiger partial charge in [-0.15, -0.1) is 0 Å². The molecule has 4 heteroatoms. The smallest absolute Gasteiger partial charge is 0.234 e. The fourth-order valence-electron chi connectivity index (χ4n) is 3.33. The number of hydrogen-bond donors (Lipinski definition) is 1. The average Bonchev–Trinajstić information content (AvgIpc) is 2.98. The van der Waals surface area contributed by atoms with Crippen molar-refractivity contribution in [3.05, 3.63) is 34.9 Å². The quantitative estimate of drug-likeness (QED) is 0.852. The van der Waals surface area contributed by atoms with Crippen LogP contribution in [0, 0.1) is 0 Å². The van der Waals surface area contributed by atoms with Crippen LogP contribution in [0.2, 0.25) is 5.02 Å². The number of amides is 1. The Bertz CT molecular complexity index is 498. The number of carbonyl (C=O) groups is 1. The Morgan fingerprint density at radius 1 is 1.27 bits per heavy atom. The van der Waals surface area contributed by atoms with Crippen molar-refractivity contribution in [2.24, 2.45) is 0 Å². The van der Waals surface area contributed by atoms with E-state index in [-0.39, 0.29) is 11.9 Å². The highest BCUT2D eigenvalue weighted by Gasteiger charge is 2.26. The number of nitrogens with one attached hydrogen (secondary N) is 1. The molecule has 1 aliphatic carbocycles. The lowest BCUT2D eigenvalue weighted by atomic mass is 10.1. The van der Waals surface area contributed by atoms with E-state index in [9.17, 15) is 4.79 Å². The zero-order valence-electron chi connectivity index (χ0n) is 13.8. The molecule has 0 radical (unpaired) electrons. The zero-order chi connectivity index (χ0) is 16.1. The molecular formula is C18H27ClN2O. The van der Waals surface area contributed by atoms with Crippen LogP contribution in [0.4, 0.5) is 0 Å². The molecular weight excluding hydrogens is 296 g/mol. The van der Waals surface area contributed by atoms with Crippen LogP contribution in [0.15, 0.2) is 24.3 Å². The molecule has 0 saturated heterocycles. The first kappa shape index (κ1) is 17.3. The van der Waals surface area contributed by atoms with Crippen LogP contribution in [-0.2, 0) is 4.79 Å². The molecule has 1 fully saturated rings. The second kappa shape index (κ2) is 7.98. The third-order valence-electron chi connectivity index (χ3n) is 4.53. The molecule has 0 spiro atoms. The molecule has 1 amide bonds. The summed E-state index contributed by atoms with van der Waals surface area (Å²) in [6.45, 7) is 6.79. The number of benzene rings is 1. The topological polar surface area (TPSA) is 32.3 Å². The first-order chi connectivity index (χ1) is 10.5. The Balaban J connectivity index is 1.94. The second-order valence-corrected chi connectivity index (χ2v) is 6.92. The third kappa shape index (κ3) is 4.47. The molecule has 0 heterocycles.